The molecule has 4 nitrogen and oxygen atoms in total. The Balaban J connectivity index is 2.17. The Bertz CT molecular complexity index is 789. The number of rotatable bonds is 2. The third-order valence-electron chi connectivity index (χ3n) is 3.56. The topological polar surface area (TPSA) is 57.6 Å². The van der Waals surface area contributed by atoms with E-state index in [9.17, 15) is 17.9 Å². The molecule has 6 heteroatoms. The first kappa shape index (κ1) is 13.9. The van der Waals surface area contributed by atoms with Crippen molar-refractivity contribution in [1.29, 1.82) is 0 Å². The van der Waals surface area contributed by atoms with Crippen molar-refractivity contribution in [3.63, 3.8) is 0 Å². The highest BCUT2D eigenvalue weighted by atomic mass is 32.2. The van der Waals surface area contributed by atoms with Crippen LogP contribution in [0.25, 0.3) is 0 Å². The highest BCUT2D eigenvalue weighted by Crippen LogP contribution is 2.38. The quantitative estimate of drug-likeness (QED) is 0.928. The Morgan fingerprint density at radius 3 is 2.62 bits per heavy atom. The molecular weight excluding hydrogens is 293 g/mol. The first-order valence-corrected chi connectivity index (χ1v) is 8.04. The van der Waals surface area contributed by atoms with E-state index >= 15 is 0 Å². The van der Waals surface area contributed by atoms with E-state index in [4.69, 9.17) is 0 Å². The molecule has 21 heavy (non-hydrogen) atoms. The molecule has 2 aromatic rings. The monoisotopic (exact) mass is 307 g/mol. The van der Waals surface area contributed by atoms with Gasteiger partial charge in [-0.1, -0.05) is 24.3 Å². The number of aryl methyl sites for hydroxylation is 1. The van der Waals surface area contributed by atoms with Crippen LogP contribution in [-0.4, -0.2) is 20.1 Å². The maximum absolute atomic E-state index is 13.8. The second-order valence-corrected chi connectivity index (χ2v) is 6.73. The van der Waals surface area contributed by atoms with Gasteiger partial charge in [0.15, 0.2) is 0 Å². The van der Waals surface area contributed by atoms with Gasteiger partial charge in [-0.05, 0) is 36.6 Å². The first-order valence-electron chi connectivity index (χ1n) is 6.60. The average molecular weight is 307 g/mol. The second-order valence-electron chi connectivity index (χ2n) is 4.90. The molecule has 110 valence electrons. The molecule has 0 unspecified atom stereocenters. The number of hydrogen-bond donors (Lipinski definition) is 1. The zero-order chi connectivity index (χ0) is 15.0. The first-order chi connectivity index (χ1) is 10.0. The molecule has 0 radical (unpaired) electrons. The molecule has 1 aliphatic rings. The second kappa shape index (κ2) is 5.04. The Labute approximate surface area is 122 Å². The standard InChI is InChI=1S/C15H14FNO3S/c16-12-7-1-2-9-14(12)21(19,20)17-10-4-6-11-5-3-8-13(18)15(11)17/h1-3,5,7-9,18H,4,6,10H2. The number of phenols is 1. The van der Waals surface area contributed by atoms with Gasteiger partial charge in [0.25, 0.3) is 10.0 Å². The summed E-state index contributed by atoms with van der Waals surface area (Å²) in [6.45, 7) is 0.223. The maximum Gasteiger partial charge on any atom is 0.267 e. The minimum Gasteiger partial charge on any atom is -0.506 e. The average Bonchev–Trinajstić information content (AvgIpc) is 2.47. The van der Waals surface area contributed by atoms with Gasteiger partial charge in [0, 0.05) is 6.54 Å². The van der Waals surface area contributed by atoms with Crippen molar-refractivity contribution in [1.82, 2.24) is 0 Å². The van der Waals surface area contributed by atoms with Gasteiger partial charge in [-0.15, -0.1) is 0 Å². The molecule has 1 aliphatic heterocycles. The van der Waals surface area contributed by atoms with Gasteiger partial charge in [-0.25, -0.2) is 12.8 Å². The lowest BCUT2D eigenvalue weighted by Crippen LogP contribution is -2.36. The van der Waals surface area contributed by atoms with Gasteiger partial charge in [0.2, 0.25) is 0 Å². The van der Waals surface area contributed by atoms with Crippen molar-refractivity contribution in [2.45, 2.75) is 17.7 Å². The largest absolute Gasteiger partial charge is 0.506 e. The molecule has 0 amide bonds. The molecule has 0 aromatic heterocycles. The predicted molar refractivity (Wildman–Crippen MR) is 77.4 cm³/mol. The Kier molecular flexibility index (Phi) is 3.33. The summed E-state index contributed by atoms with van der Waals surface area (Å²) in [4.78, 5) is -0.374. The lowest BCUT2D eigenvalue weighted by molar-refractivity contribution is 0.472. The van der Waals surface area contributed by atoms with Crippen LogP contribution in [-0.2, 0) is 16.4 Å². The molecule has 0 bridgehead atoms. The summed E-state index contributed by atoms with van der Waals surface area (Å²) in [5.41, 5.74) is 1.01. The van der Waals surface area contributed by atoms with Gasteiger partial charge in [0.05, 0.1) is 5.69 Å². The lowest BCUT2D eigenvalue weighted by Gasteiger charge is -2.31. The zero-order valence-corrected chi connectivity index (χ0v) is 12.0. The number of fused-ring (bicyclic) bond motifs is 1. The van der Waals surface area contributed by atoms with Gasteiger partial charge in [-0.2, -0.15) is 0 Å². The molecule has 0 fully saturated rings. The number of benzene rings is 2. The van der Waals surface area contributed by atoms with Crippen LogP contribution in [0, 0.1) is 5.82 Å². The molecule has 0 saturated heterocycles. The number of halogens is 1. The summed E-state index contributed by atoms with van der Waals surface area (Å²) in [5, 5.41) is 10.0. The predicted octanol–water partition coefficient (Wildman–Crippen LogP) is 2.67. The van der Waals surface area contributed by atoms with Crippen LogP contribution in [0.2, 0.25) is 0 Å². The molecule has 1 N–H and O–H groups in total. The number of anilines is 1. The van der Waals surface area contributed by atoms with Crippen LogP contribution in [0.4, 0.5) is 10.1 Å². The molecule has 0 atom stereocenters. The molecule has 2 aromatic carbocycles. The molecule has 1 heterocycles. The Morgan fingerprint density at radius 2 is 1.86 bits per heavy atom. The Morgan fingerprint density at radius 1 is 1.10 bits per heavy atom. The van der Waals surface area contributed by atoms with Crippen molar-refractivity contribution in [2.24, 2.45) is 0 Å². The molecule has 0 spiro atoms. The van der Waals surface area contributed by atoms with E-state index < -0.39 is 15.8 Å². The van der Waals surface area contributed by atoms with Crippen molar-refractivity contribution in [3.8, 4) is 5.75 Å². The fourth-order valence-electron chi connectivity index (χ4n) is 2.61. The maximum atomic E-state index is 13.8. The summed E-state index contributed by atoms with van der Waals surface area (Å²) < 4.78 is 40.3. The van der Waals surface area contributed by atoms with E-state index in [1.54, 1.807) is 12.1 Å². The van der Waals surface area contributed by atoms with Gasteiger partial charge in [-0.3, -0.25) is 4.31 Å². The lowest BCUT2D eigenvalue weighted by atomic mass is 10.0. The number of aromatic hydroxyl groups is 1. The third kappa shape index (κ3) is 2.25. The molecule has 0 aliphatic carbocycles. The minimum absolute atomic E-state index is 0.105. The van der Waals surface area contributed by atoms with Gasteiger partial charge < -0.3 is 5.11 Å². The highest BCUT2D eigenvalue weighted by molar-refractivity contribution is 7.92. The zero-order valence-electron chi connectivity index (χ0n) is 11.2. The summed E-state index contributed by atoms with van der Waals surface area (Å²) in [7, 11) is -4.03. The van der Waals surface area contributed by atoms with Crippen molar-refractivity contribution in [3.05, 3.63) is 53.8 Å². The van der Waals surface area contributed by atoms with Crippen molar-refractivity contribution in [2.75, 3.05) is 10.8 Å². The fraction of sp³-hybridized carbons (Fsp3) is 0.200. The van der Waals surface area contributed by atoms with Crippen LogP contribution in [0.3, 0.4) is 0 Å². The minimum atomic E-state index is -4.03. The van der Waals surface area contributed by atoms with E-state index in [-0.39, 0.29) is 22.9 Å². The number of nitrogens with zero attached hydrogens (tertiary/aromatic N) is 1. The van der Waals surface area contributed by atoms with Crippen LogP contribution in [0.1, 0.15) is 12.0 Å². The van der Waals surface area contributed by atoms with Crippen LogP contribution in [0.15, 0.2) is 47.4 Å². The van der Waals surface area contributed by atoms with Gasteiger partial charge in [0.1, 0.15) is 16.5 Å². The number of hydrogen-bond acceptors (Lipinski definition) is 3. The van der Waals surface area contributed by atoms with Crippen LogP contribution < -0.4 is 4.31 Å². The summed E-state index contributed by atoms with van der Waals surface area (Å²) in [5.74, 6) is -0.896. The third-order valence-corrected chi connectivity index (χ3v) is 5.39. The Hall–Kier alpha value is -2.08. The normalized spacial score (nSPS) is 14.8. The van der Waals surface area contributed by atoms with Crippen LogP contribution in [0.5, 0.6) is 5.75 Å². The van der Waals surface area contributed by atoms with Crippen molar-refractivity contribution >= 4 is 15.7 Å². The SMILES string of the molecule is O=S(=O)(c1ccccc1F)N1CCCc2cccc(O)c21. The van der Waals surface area contributed by atoms with E-state index in [0.717, 1.165) is 15.9 Å². The summed E-state index contributed by atoms with van der Waals surface area (Å²) in [6, 6.07) is 10.2. The van der Waals surface area contributed by atoms with E-state index in [0.29, 0.717) is 12.8 Å². The number of para-hydroxylation sites is 1. The molecule has 0 saturated carbocycles. The molecular formula is C15H14FNO3S. The number of phenolic OH excluding ortho intramolecular Hbond substituents is 1. The fourth-order valence-corrected chi connectivity index (χ4v) is 4.23. The number of sulfonamides is 1. The van der Waals surface area contributed by atoms with Gasteiger partial charge >= 0.3 is 0 Å². The molecule has 3 rings (SSSR count). The van der Waals surface area contributed by atoms with Crippen molar-refractivity contribution < 1.29 is 17.9 Å². The van der Waals surface area contributed by atoms with E-state index in [2.05, 4.69) is 0 Å². The highest BCUT2D eigenvalue weighted by Gasteiger charge is 2.32. The van der Waals surface area contributed by atoms with E-state index in [1.165, 1.54) is 24.3 Å². The summed E-state index contributed by atoms with van der Waals surface area (Å²) in [6.07, 6.45) is 1.32. The summed E-state index contributed by atoms with van der Waals surface area (Å²) >= 11 is 0. The van der Waals surface area contributed by atoms with E-state index in [1.807, 2.05) is 0 Å². The van der Waals surface area contributed by atoms with Crippen LogP contribution >= 0.6 is 0 Å². The smallest absolute Gasteiger partial charge is 0.267 e.